The summed E-state index contributed by atoms with van der Waals surface area (Å²) in [6, 6.07) is 0. The van der Waals surface area contributed by atoms with E-state index in [4.69, 9.17) is 0 Å². The van der Waals surface area contributed by atoms with Crippen LogP contribution in [0.1, 0.15) is 61.7 Å². The van der Waals surface area contributed by atoms with Gasteiger partial charge in [0.2, 0.25) is 12.3 Å². The highest BCUT2D eigenvalue weighted by Gasteiger charge is 2.35. The first-order chi connectivity index (χ1) is 28.6. The highest BCUT2D eigenvalue weighted by molar-refractivity contribution is 14.1. The molecule has 2 aromatic carbocycles. The number of benzene rings is 2. The van der Waals surface area contributed by atoms with Crippen LogP contribution in [0.3, 0.4) is 0 Å². The van der Waals surface area contributed by atoms with Gasteiger partial charge in [-0.15, -0.1) is 0 Å². The van der Waals surface area contributed by atoms with Gasteiger partial charge in [0.1, 0.15) is 0 Å². The van der Waals surface area contributed by atoms with E-state index in [2.05, 4.69) is 21.3 Å². The van der Waals surface area contributed by atoms with E-state index in [9.17, 15) is 69.6 Å². The molecule has 340 valence electrons. The van der Waals surface area contributed by atoms with Gasteiger partial charge in [0, 0.05) is 40.2 Å². The third-order valence-electron chi connectivity index (χ3n) is 8.46. The maximum absolute atomic E-state index is 13.7. The van der Waals surface area contributed by atoms with Gasteiger partial charge < -0.3 is 71.9 Å². The van der Waals surface area contributed by atoms with Crippen molar-refractivity contribution in [2.24, 2.45) is 0 Å². The highest BCUT2D eigenvalue weighted by atomic mass is 127. The lowest BCUT2D eigenvalue weighted by Crippen LogP contribution is -2.44. The van der Waals surface area contributed by atoms with E-state index in [1.165, 1.54) is 6.92 Å². The van der Waals surface area contributed by atoms with Crippen LogP contribution in [0.25, 0.3) is 0 Å². The molecule has 20 nitrogen and oxygen atoms in total. The van der Waals surface area contributed by atoms with Crippen molar-refractivity contribution in [3.05, 3.63) is 43.7 Å². The topological polar surface area (TPSA) is 319 Å². The first-order valence-electron chi connectivity index (χ1n) is 17.9. The summed E-state index contributed by atoms with van der Waals surface area (Å²) < 4.78 is 0.864. The van der Waals surface area contributed by atoms with Crippen LogP contribution in [0.5, 0.6) is 0 Å². The molecule has 0 aliphatic carbocycles. The minimum Gasteiger partial charge on any atom is -0.394 e. The highest BCUT2D eigenvalue weighted by Crippen LogP contribution is 2.40. The number of carbonyl (C=O) groups excluding carboxylic acids is 6. The Morgan fingerprint density at radius 2 is 0.836 bits per heavy atom. The Labute approximate surface area is 431 Å². The molecule has 0 aromatic heterocycles. The predicted octanol–water partition coefficient (Wildman–Crippen LogP) is -0.559. The third-order valence-corrected chi connectivity index (χ3v) is 14.8. The average molecular weight is 1530 g/mol. The van der Waals surface area contributed by atoms with E-state index in [1.54, 1.807) is 97.3 Å². The minimum absolute atomic E-state index is 0.0126. The summed E-state index contributed by atoms with van der Waals surface area (Å²) in [5.41, 5.74) is -0.318. The summed E-state index contributed by atoms with van der Waals surface area (Å²) in [5.74, 6) is -3.71. The number of carbonyl (C=O) groups is 6. The van der Waals surface area contributed by atoms with Gasteiger partial charge in [-0.3, -0.25) is 28.8 Å². The van der Waals surface area contributed by atoms with Crippen molar-refractivity contribution in [2.75, 3.05) is 68.9 Å². The second-order valence-electron chi connectivity index (χ2n) is 13.0. The van der Waals surface area contributed by atoms with E-state index in [0.717, 1.165) is 9.80 Å². The van der Waals surface area contributed by atoms with Crippen molar-refractivity contribution in [1.82, 2.24) is 21.3 Å². The van der Waals surface area contributed by atoms with Crippen LogP contribution in [0.2, 0.25) is 0 Å². The first kappa shape index (κ1) is 56.4. The normalized spacial score (nSPS) is 13.6. The molecule has 0 radical (unpaired) electrons. The Balaban J connectivity index is 2.79. The lowest BCUT2D eigenvalue weighted by molar-refractivity contribution is -0.116. The zero-order valence-corrected chi connectivity index (χ0v) is 45.2. The molecule has 5 atom stereocenters. The third kappa shape index (κ3) is 15.2. The molecule has 5 unspecified atom stereocenters. The number of nitrogens with zero attached hydrogens (tertiary/aromatic N) is 2. The largest absolute Gasteiger partial charge is 0.394 e. The fourth-order valence-electron chi connectivity index (χ4n) is 5.18. The summed E-state index contributed by atoms with van der Waals surface area (Å²) in [5, 5.41) is 89.4. The van der Waals surface area contributed by atoms with Crippen LogP contribution in [0.4, 0.5) is 11.4 Å². The van der Waals surface area contributed by atoms with E-state index >= 15 is 0 Å². The van der Waals surface area contributed by atoms with E-state index in [0.29, 0.717) is 12.8 Å². The van der Waals surface area contributed by atoms with Crippen LogP contribution in [0.15, 0.2) is 0 Å². The van der Waals surface area contributed by atoms with Gasteiger partial charge in [-0.25, -0.2) is 0 Å². The van der Waals surface area contributed by atoms with E-state index in [1.807, 2.05) is 45.2 Å². The molecule has 0 aliphatic heterocycles. The molecule has 0 fully saturated rings. The number of aliphatic hydroxyl groups excluding tert-OH is 8. The van der Waals surface area contributed by atoms with Gasteiger partial charge >= 0.3 is 0 Å². The molecule has 6 amide bonds. The summed E-state index contributed by atoms with van der Waals surface area (Å²) in [6.07, 6.45) is -5.76. The standard InChI is InChI=1S/C35H44I6N6O14/c1-3-15(53)4-42-34(60)22-25(37)23(35(61)45-7-18(56)12-50)29(41)31(28(22)40)47(14(2)52)9-19(57)8-46(13-51)30-26(38)20(32(58)43-5-16(54)10-48)24(36)21(27(30)39)33(59)44-6-17(55)11-49/h13,15-19,48-50,53-57H,3-12H2,1-2H3,(H,42,60)(H,43,58)(H,44,59)(H,45,61). The average Bonchev–Trinajstić information content (AvgIpc) is 3.21. The number of amides is 6. The first-order valence-corrected chi connectivity index (χ1v) is 24.4. The Hall–Kier alpha value is -0.680. The number of halogens is 6. The molecule has 0 bridgehead atoms. The summed E-state index contributed by atoms with van der Waals surface area (Å²) >= 11 is 10.8. The lowest BCUT2D eigenvalue weighted by Gasteiger charge is -2.31. The smallest absolute Gasteiger partial charge is 0.253 e. The van der Waals surface area contributed by atoms with Crippen LogP contribution in [-0.4, -0.2) is 166 Å². The molecule has 0 heterocycles. The van der Waals surface area contributed by atoms with Crippen LogP contribution >= 0.6 is 136 Å². The van der Waals surface area contributed by atoms with Crippen molar-refractivity contribution in [2.45, 2.75) is 50.8 Å². The maximum Gasteiger partial charge on any atom is 0.253 e. The molecule has 2 aromatic rings. The molecule has 12 N–H and O–H groups in total. The maximum atomic E-state index is 13.7. The van der Waals surface area contributed by atoms with Crippen molar-refractivity contribution in [1.29, 1.82) is 0 Å². The summed E-state index contributed by atoms with van der Waals surface area (Å²) in [6.45, 7) is -1.44. The Morgan fingerprint density at radius 3 is 1.11 bits per heavy atom. The predicted molar refractivity (Wildman–Crippen MR) is 272 cm³/mol. The quantitative estimate of drug-likeness (QED) is 0.0491. The molecule has 0 spiro atoms. The summed E-state index contributed by atoms with van der Waals surface area (Å²) in [4.78, 5) is 83.0. The van der Waals surface area contributed by atoms with Gasteiger partial charge in [0.15, 0.2) is 0 Å². The van der Waals surface area contributed by atoms with Crippen LogP contribution in [-0.2, 0) is 9.59 Å². The fraction of sp³-hybridized carbons (Fsp3) is 0.486. The van der Waals surface area contributed by atoms with E-state index < -0.39 is 93.0 Å². The van der Waals surface area contributed by atoms with Crippen molar-refractivity contribution < 1.29 is 69.6 Å². The van der Waals surface area contributed by atoms with Gasteiger partial charge in [-0.2, -0.15) is 0 Å². The van der Waals surface area contributed by atoms with Gasteiger partial charge in [-0.1, -0.05) is 6.92 Å². The van der Waals surface area contributed by atoms with Crippen LogP contribution < -0.4 is 31.1 Å². The van der Waals surface area contributed by atoms with Gasteiger partial charge in [0.05, 0.1) is 111 Å². The Morgan fingerprint density at radius 1 is 0.525 bits per heavy atom. The molecule has 0 aliphatic rings. The zero-order chi connectivity index (χ0) is 46.5. The van der Waals surface area contributed by atoms with Gasteiger partial charge in [-0.05, 0) is 142 Å². The monoisotopic (exact) mass is 1530 g/mol. The second-order valence-corrected chi connectivity index (χ2v) is 19.5. The molecular weight excluding hydrogens is 1490 g/mol. The van der Waals surface area contributed by atoms with Crippen LogP contribution in [0, 0.1) is 21.4 Å². The SMILES string of the molecule is CCC(O)CNC(=O)c1c(I)c(C(=O)NCC(O)CO)c(I)c(N(CC(O)CN(C=O)c2c(I)c(C(=O)NCC(O)CO)c(I)c(C(=O)NCC(O)CO)c2I)C(C)=O)c1I. The van der Waals surface area contributed by atoms with Crippen molar-refractivity contribution >= 4 is 183 Å². The van der Waals surface area contributed by atoms with Gasteiger partial charge in [0.25, 0.3) is 23.6 Å². The second kappa shape index (κ2) is 27.1. The molecule has 0 saturated heterocycles. The number of nitrogens with one attached hydrogen (secondary N) is 4. The summed E-state index contributed by atoms with van der Waals surface area (Å²) in [7, 11) is 0. The Bertz CT molecular complexity index is 1840. The molecule has 61 heavy (non-hydrogen) atoms. The number of aliphatic hydroxyl groups is 8. The molecule has 26 heteroatoms. The van der Waals surface area contributed by atoms with Crippen molar-refractivity contribution in [3.8, 4) is 0 Å². The minimum atomic E-state index is -1.59. The van der Waals surface area contributed by atoms with E-state index in [-0.39, 0.29) is 81.2 Å². The fourth-order valence-corrected chi connectivity index (χ4v) is 14.7. The van der Waals surface area contributed by atoms with Crippen molar-refractivity contribution in [3.63, 3.8) is 0 Å². The number of anilines is 2. The lowest BCUT2D eigenvalue weighted by atomic mass is 10.1. The number of hydrogen-bond acceptors (Lipinski definition) is 14. The number of hydrogen-bond donors (Lipinski definition) is 12. The zero-order valence-electron chi connectivity index (χ0n) is 32.2. The molecular formula is C35H44I6N6O14. The molecule has 0 saturated carbocycles. The number of rotatable bonds is 23. The Kier molecular flexibility index (Phi) is 25.1. The molecule has 2 rings (SSSR count).